The number of aliphatic imine (C=N–C) groups is 1. The van der Waals surface area contributed by atoms with Gasteiger partial charge in [0.2, 0.25) is 0 Å². The summed E-state index contributed by atoms with van der Waals surface area (Å²) in [5.41, 5.74) is 2.10. The minimum Gasteiger partial charge on any atom is -0.361 e. The Bertz CT molecular complexity index is 782. The average Bonchev–Trinajstić information content (AvgIpc) is 3.08. The Morgan fingerprint density at radius 3 is 3.00 bits per heavy atom. The lowest BCUT2D eigenvalue weighted by Gasteiger charge is -2.34. The highest BCUT2D eigenvalue weighted by atomic mass is 19.1. The summed E-state index contributed by atoms with van der Waals surface area (Å²) in [6, 6.07) is 5.49. The maximum Gasteiger partial charge on any atom is 0.191 e. The number of piperidine rings is 1. The Morgan fingerprint density at radius 2 is 2.21 bits per heavy atom. The second-order valence-electron chi connectivity index (χ2n) is 8.00. The number of halogens is 1. The maximum absolute atomic E-state index is 13.5. The first kappa shape index (κ1) is 20.6. The van der Waals surface area contributed by atoms with E-state index in [1.54, 1.807) is 12.1 Å². The van der Waals surface area contributed by atoms with Gasteiger partial charge in [0.15, 0.2) is 5.96 Å². The highest BCUT2D eigenvalue weighted by molar-refractivity contribution is 5.83. The summed E-state index contributed by atoms with van der Waals surface area (Å²) < 4.78 is 13.5. The number of likely N-dealkylation sites (tertiary alicyclic amines) is 1. The van der Waals surface area contributed by atoms with Crippen LogP contribution in [0.1, 0.15) is 39.2 Å². The summed E-state index contributed by atoms with van der Waals surface area (Å²) in [7, 11) is 0. The molecule has 2 heterocycles. The molecule has 28 heavy (non-hydrogen) atoms. The van der Waals surface area contributed by atoms with Crippen LogP contribution in [0.3, 0.4) is 0 Å². The first-order valence-corrected chi connectivity index (χ1v) is 10.6. The molecule has 1 saturated heterocycles. The van der Waals surface area contributed by atoms with E-state index in [0.29, 0.717) is 12.0 Å². The van der Waals surface area contributed by atoms with Crippen molar-refractivity contribution >= 4 is 16.9 Å². The van der Waals surface area contributed by atoms with Crippen molar-refractivity contribution < 1.29 is 4.39 Å². The smallest absolute Gasteiger partial charge is 0.191 e. The fourth-order valence-corrected chi connectivity index (χ4v) is 3.95. The predicted octanol–water partition coefficient (Wildman–Crippen LogP) is 3.53. The van der Waals surface area contributed by atoms with Gasteiger partial charge in [0.1, 0.15) is 5.82 Å². The minimum absolute atomic E-state index is 0.195. The number of benzene rings is 1. The molecule has 1 unspecified atom stereocenters. The second-order valence-corrected chi connectivity index (χ2v) is 8.00. The largest absolute Gasteiger partial charge is 0.361 e. The van der Waals surface area contributed by atoms with Crippen molar-refractivity contribution in [2.45, 2.75) is 46.1 Å². The van der Waals surface area contributed by atoms with Gasteiger partial charge in [-0.25, -0.2) is 4.39 Å². The third-order valence-electron chi connectivity index (χ3n) is 5.55. The van der Waals surface area contributed by atoms with Crippen LogP contribution >= 0.6 is 0 Å². The number of nitrogens with one attached hydrogen (secondary N) is 3. The van der Waals surface area contributed by atoms with Crippen molar-refractivity contribution in [3.63, 3.8) is 0 Å². The third-order valence-corrected chi connectivity index (χ3v) is 5.55. The molecule has 0 saturated carbocycles. The molecule has 0 amide bonds. The Morgan fingerprint density at radius 1 is 1.36 bits per heavy atom. The van der Waals surface area contributed by atoms with Crippen LogP contribution in [0.25, 0.3) is 10.9 Å². The van der Waals surface area contributed by atoms with E-state index in [1.165, 1.54) is 25.5 Å². The van der Waals surface area contributed by atoms with Gasteiger partial charge in [-0.2, -0.15) is 0 Å². The van der Waals surface area contributed by atoms with Crippen LogP contribution in [0.15, 0.2) is 29.4 Å². The van der Waals surface area contributed by atoms with Crippen molar-refractivity contribution in [2.24, 2.45) is 10.9 Å². The Labute approximate surface area is 167 Å². The normalized spacial score (nSPS) is 18.8. The number of hydrogen-bond acceptors (Lipinski definition) is 2. The van der Waals surface area contributed by atoms with E-state index in [1.807, 2.05) is 6.20 Å². The number of guanidine groups is 1. The highest BCUT2D eigenvalue weighted by Crippen LogP contribution is 2.20. The van der Waals surface area contributed by atoms with Crippen LogP contribution in [0.5, 0.6) is 0 Å². The van der Waals surface area contributed by atoms with Crippen LogP contribution in [-0.4, -0.2) is 54.6 Å². The molecule has 3 rings (SSSR count). The van der Waals surface area contributed by atoms with Crippen LogP contribution in [0.4, 0.5) is 4.39 Å². The van der Waals surface area contributed by atoms with Crippen molar-refractivity contribution in [2.75, 3.05) is 32.7 Å². The minimum atomic E-state index is -0.195. The summed E-state index contributed by atoms with van der Waals surface area (Å²) in [6.45, 7) is 11.4. The molecule has 3 N–H and O–H groups in total. The molecule has 1 aromatic carbocycles. The Hall–Kier alpha value is -2.08. The number of fused-ring (bicyclic) bond motifs is 1. The van der Waals surface area contributed by atoms with Crippen molar-refractivity contribution in [3.8, 4) is 0 Å². The van der Waals surface area contributed by atoms with Crippen LogP contribution < -0.4 is 10.6 Å². The molecule has 154 valence electrons. The van der Waals surface area contributed by atoms with E-state index in [4.69, 9.17) is 4.99 Å². The zero-order valence-corrected chi connectivity index (χ0v) is 17.4. The number of H-pyrrole nitrogens is 1. The molecule has 0 aliphatic carbocycles. The molecule has 1 aliphatic rings. The summed E-state index contributed by atoms with van der Waals surface area (Å²) >= 11 is 0. The molecule has 0 bridgehead atoms. The standard InChI is InChI=1S/C22H34FN5/c1-4-24-22(27-13-17-6-5-11-28(15-17)16(2)3)25-10-9-18-14-26-21-8-7-19(23)12-20(18)21/h7-8,12,14,16-17,26H,4-6,9-11,13,15H2,1-3H3,(H2,24,25,27). The first-order chi connectivity index (χ1) is 13.6. The highest BCUT2D eigenvalue weighted by Gasteiger charge is 2.21. The molecule has 1 atom stereocenters. The van der Waals surface area contributed by atoms with Gasteiger partial charge >= 0.3 is 0 Å². The average molecular weight is 388 g/mol. The molecule has 6 heteroatoms. The molecule has 1 fully saturated rings. The zero-order chi connectivity index (χ0) is 19.9. The number of hydrogen-bond donors (Lipinski definition) is 3. The lowest BCUT2D eigenvalue weighted by atomic mass is 9.97. The molecule has 5 nitrogen and oxygen atoms in total. The van der Waals surface area contributed by atoms with Crippen molar-refractivity contribution in [1.82, 2.24) is 20.5 Å². The van der Waals surface area contributed by atoms with E-state index in [0.717, 1.165) is 55.0 Å². The molecule has 0 spiro atoms. The molecule has 1 aliphatic heterocycles. The van der Waals surface area contributed by atoms with Crippen LogP contribution in [0.2, 0.25) is 0 Å². The zero-order valence-electron chi connectivity index (χ0n) is 17.4. The lowest BCUT2D eigenvalue weighted by molar-refractivity contribution is 0.143. The Kier molecular flexibility index (Phi) is 7.31. The third kappa shape index (κ3) is 5.47. The Balaban J connectivity index is 1.53. The van der Waals surface area contributed by atoms with Crippen molar-refractivity contribution in [1.29, 1.82) is 0 Å². The molecule has 0 radical (unpaired) electrons. The van der Waals surface area contributed by atoms with Gasteiger partial charge < -0.3 is 20.5 Å². The monoisotopic (exact) mass is 387 g/mol. The molecular formula is C22H34FN5. The lowest BCUT2D eigenvalue weighted by Crippen LogP contribution is -2.42. The molecular weight excluding hydrogens is 353 g/mol. The fourth-order valence-electron chi connectivity index (χ4n) is 3.95. The number of rotatable bonds is 7. The number of nitrogens with zero attached hydrogens (tertiary/aromatic N) is 2. The van der Waals surface area contributed by atoms with Crippen LogP contribution in [-0.2, 0) is 6.42 Å². The van der Waals surface area contributed by atoms with E-state index >= 15 is 0 Å². The second kappa shape index (κ2) is 9.92. The van der Waals surface area contributed by atoms with E-state index in [9.17, 15) is 4.39 Å². The number of aromatic nitrogens is 1. The van der Waals surface area contributed by atoms with E-state index < -0.39 is 0 Å². The SMILES string of the molecule is CCNC(=NCC1CCCN(C(C)C)C1)NCCc1c[nH]c2ccc(F)cc12. The predicted molar refractivity (Wildman–Crippen MR) is 115 cm³/mol. The summed E-state index contributed by atoms with van der Waals surface area (Å²) in [6.07, 6.45) is 5.31. The summed E-state index contributed by atoms with van der Waals surface area (Å²) in [5.74, 6) is 1.30. The van der Waals surface area contributed by atoms with Gasteiger partial charge in [0, 0.05) is 49.3 Å². The summed E-state index contributed by atoms with van der Waals surface area (Å²) in [4.78, 5) is 10.6. The van der Waals surface area contributed by atoms with E-state index in [-0.39, 0.29) is 5.82 Å². The van der Waals surface area contributed by atoms with Crippen molar-refractivity contribution in [3.05, 3.63) is 35.8 Å². The van der Waals surface area contributed by atoms with Gasteiger partial charge in [-0.1, -0.05) is 0 Å². The van der Waals surface area contributed by atoms with Gasteiger partial charge in [-0.15, -0.1) is 0 Å². The van der Waals surface area contributed by atoms with Gasteiger partial charge in [-0.05, 0) is 76.3 Å². The van der Waals surface area contributed by atoms with Gasteiger partial charge in [0.25, 0.3) is 0 Å². The van der Waals surface area contributed by atoms with Gasteiger partial charge in [0.05, 0.1) is 0 Å². The van der Waals surface area contributed by atoms with E-state index in [2.05, 4.69) is 41.3 Å². The topological polar surface area (TPSA) is 55.5 Å². The summed E-state index contributed by atoms with van der Waals surface area (Å²) in [5, 5.41) is 7.73. The fraction of sp³-hybridized carbons (Fsp3) is 0.591. The number of aromatic amines is 1. The maximum atomic E-state index is 13.5. The van der Waals surface area contributed by atoms with Gasteiger partial charge in [-0.3, -0.25) is 4.99 Å². The first-order valence-electron chi connectivity index (χ1n) is 10.6. The quantitative estimate of drug-likeness (QED) is 0.503. The molecule has 1 aromatic heterocycles. The van der Waals surface area contributed by atoms with Crippen LogP contribution in [0, 0.1) is 11.7 Å². The molecule has 2 aromatic rings.